The number of nitrogens with zero attached hydrogens (tertiary/aromatic N) is 2. The lowest BCUT2D eigenvalue weighted by molar-refractivity contribution is -0.386. The summed E-state index contributed by atoms with van der Waals surface area (Å²) in [4.78, 5) is 60.4. The van der Waals surface area contributed by atoms with Gasteiger partial charge in [0.05, 0.1) is 21.0 Å². The Morgan fingerprint density at radius 2 is 1.24 bits per heavy atom. The van der Waals surface area contributed by atoms with Gasteiger partial charge in [0.25, 0.3) is 11.4 Å². The van der Waals surface area contributed by atoms with E-state index >= 15 is 0 Å². The van der Waals surface area contributed by atoms with Crippen molar-refractivity contribution in [2.75, 3.05) is 6.54 Å². The van der Waals surface area contributed by atoms with Crippen molar-refractivity contribution < 1.29 is 38.4 Å². The summed E-state index contributed by atoms with van der Waals surface area (Å²) in [6.45, 7) is 9.83. The van der Waals surface area contributed by atoms with E-state index in [9.17, 15) is 34.6 Å². The van der Waals surface area contributed by atoms with Gasteiger partial charge in [-0.3, -0.25) is 25.0 Å². The molecule has 0 amide bonds. The summed E-state index contributed by atoms with van der Waals surface area (Å²) in [5.74, 6) is -2.56. The molecule has 1 N–H and O–H groups in total. The van der Waals surface area contributed by atoms with Crippen LogP contribution in [-0.2, 0) is 28.6 Å². The number of nitro groups is 2. The highest BCUT2D eigenvalue weighted by Crippen LogP contribution is 2.31. The first-order valence-electron chi connectivity index (χ1n) is 12.9. The predicted octanol–water partition coefficient (Wildman–Crippen LogP) is 4.88. The molecule has 0 saturated heterocycles. The van der Waals surface area contributed by atoms with Crippen molar-refractivity contribution in [3.05, 3.63) is 79.9 Å². The summed E-state index contributed by atoms with van der Waals surface area (Å²) in [6, 6.07) is 9.91. The van der Waals surface area contributed by atoms with Crippen molar-refractivity contribution in [1.82, 2.24) is 5.32 Å². The van der Waals surface area contributed by atoms with Gasteiger partial charge in [-0.25, -0.2) is 9.59 Å². The predicted molar refractivity (Wildman–Crippen MR) is 147 cm³/mol. The molecule has 0 saturated carbocycles. The third kappa shape index (κ3) is 10.3. The molecule has 0 heterocycles. The Balaban J connectivity index is 2.18. The molecule has 2 atom stereocenters. The third-order valence-electron chi connectivity index (χ3n) is 5.28. The van der Waals surface area contributed by atoms with E-state index < -0.39 is 56.8 Å². The second-order valence-corrected chi connectivity index (χ2v) is 11.1. The molecule has 13 heteroatoms. The van der Waals surface area contributed by atoms with Gasteiger partial charge in [-0.1, -0.05) is 24.3 Å². The molecule has 2 aromatic rings. The standard InChI is InChI=1S/C28H35N3O10/c1-27(2,3)40-25(33)23(18-12-7-9-14-20(18)30(35)36)29-17-11-16-22(32)39-24(26(34)41-28(4,5)6)19-13-8-10-15-21(19)31(37)38/h7-10,12-15,23-24,29H,11,16-17H2,1-6H3. The minimum atomic E-state index is -1.68. The molecular formula is C28H35N3O10. The van der Waals surface area contributed by atoms with Gasteiger partial charge in [0.15, 0.2) is 0 Å². The van der Waals surface area contributed by atoms with Crippen molar-refractivity contribution >= 4 is 29.3 Å². The summed E-state index contributed by atoms with van der Waals surface area (Å²) in [6.07, 6.45) is -1.83. The van der Waals surface area contributed by atoms with Crippen LogP contribution in [0.4, 0.5) is 11.4 Å². The van der Waals surface area contributed by atoms with E-state index in [1.165, 1.54) is 42.5 Å². The van der Waals surface area contributed by atoms with Crippen molar-refractivity contribution in [3.8, 4) is 0 Å². The van der Waals surface area contributed by atoms with E-state index in [2.05, 4.69) is 5.32 Å². The summed E-state index contributed by atoms with van der Waals surface area (Å²) in [7, 11) is 0. The molecule has 0 bridgehead atoms. The van der Waals surface area contributed by atoms with Crippen LogP contribution in [0, 0.1) is 20.2 Å². The zero-order chi connectivity index (χ0) is 31.0. The monoisotopic (exact) mass is 573 g/mol. The Hall–Kier alpha value is -4.39. The number of nitro benzene ring substituents is 2. The van der Waals surface area contributed by atoms with Crippen molar-refractivity contribution in [1.29, 1.82) is 0 Å². The first kappa shape index (κ1) is 32.8. The van der Waals surface area contributed by atoms with Crippen LogP contribution in [0.25, 0.3) is 0 Å². The van der Waals surface area contributed by atoms with Crippen LogP contribution in [0.15, 0.2) is 48.5 Å². The Kier molecular flexibility index (Phi) is 11.0. The topological polar surface area (TPSA) is 177 Å². The summed E-state index contributed by atoms with van der Waals surface area (Å²) in [5.41, 5.74) is -2.55. The lowest BCUT2D eigenvalue weighted by atomic mass is 10.0. The van der Waals surface area contributed by atoms with Crippen LogP contribution in [-0.4, -0.2) is 45.5 Å². The maximum Gasteiger partial charge on any atom is 0.353 e. The number of nitrogens with one attached hydrogen (secondary N) is 1. The van der Waals surface area contributed by atoms with Gasteiger partial charge >= 0.3 is 17.9 Å². The number of carbonyl (C=O) groups is 3. The first-order chi connectivity index (χ1) is 19.0. The molecule has 0 radical (unpaired) electrons. The van der Waals surface area contributed by atoms with E-state index in [0.29, 0.717) is 0 Å². The van der Waals surface area contributed by atoms with Crippen molar-refractivity contribution in [3.63, 3.8) is 0 Å². The second kappa shape index (κ2) is 13.8. The van der Waals surface area contributed by atoms with E-state index in [1.54, 1.807) is 47.6 Å². The second-order valence-electron chi connectivity index (χ2n) is 11.1. The molecule has 2 aromatic carbocycles. The third-order valence-corrected chi connectivity index (χ3v) is 5.28. The Morgan fingerprint density at radius 1 is 0.780 bits per heavy atom. The molecule has 0 aliphatic rings. The van der Waals surface area contributed by atoms with E-state index in [1.807, 2.05) is 0 Å². The smallest absolute Gasteiger partial charge is 0.353 e. The van der Waals surface area contributed by atoms with E-state index in [0.717, 1.165) is 0 Å². The SMILES string of the molecule is CC(C)(C)OC(=O)C(NCCCC(=O)OC(C(=O)OC(C)(C)C)c1ccccc1[N+](=O)[O-])c1ccccc1[N+](=O)[O-]. The Bertz CT molecular complexity index is 1280. The fourth-order valence-electron chi connectivity index (χ4n) is 3.72. The Morgan fingerprint density at radius 3 is 1.76 bits per heavy atom. The highest BCUT2D eigenvalue weighted by atomic mass is 16.6. The van der Waals surface area contributed by atoms with Gasteiger partial charge in [0, 0.05) is 18.6 Å². The number of esters is 3. The number of carbonyl (C=O) groups excluding carboxylic acids is 3. The molecular weight excluding hydrogens is 538 g/mol. The van der Waals surface area contributed by atoms with Crippen molar-refractivity contribution in [2.45, 2.75) is 77.7 Å². The normalized spacial score (nSPS) is 13.0. The molecule has 2 unspecified atom stereocenters. The molecule has 0 aliphatic carbocycles. The summed E-state index contributed by atoms with van der Waals surface area (Å²) >= 11 is 0. The lowest BCUT2D eigenvalue weighted by Crippen LogP contribution is -2.36. The van der Waals surface area contributed by atoms with Gasteiger partial charge < -0.3 is 19.5 Å². The Labute approximate surface area is 237 Å². The molecule has 41 heavy (non-hydrogen) atoms. The average Bonchev–Trinajstić information content (AvgIpc) is 2.85. The molecule has 222 valence electrons. The number of rotatable bonds is 12. The minimum Gasteiger partial charge on any atom is -0.459 e. The highest BCUT2D eigenvalue weighted by Gasteiger charge is 2.35. The lowest BCUT2D eigenvalue weighted by Gasteiger charge is -2.25. The van der Waals surface area contributed by atoms with Crippen LogP contribution in [0.3, 0.4) is 0 Å². The van der Waals surface area contributed by atoms with Crippen molar-refractivity contribution in [2.24, 2.45) is 0 Å². The summed E-state index contributed by atoms with van der Waals surface area (Å²) in [5, 5.41) is 26.0. The van der Waals surface area contributed by atoms with Crippen LogP contribution in [0.2, 0.25) is 0 Å². The number of hydrogen-bond donors (Lipinski definition) is 1. The summed E-state index contributed by atoms with van der Waals surface area (Å²) < 4.78 is 16.1. The van der Waals surface area contributed by atoms with Crippen LogP contribution < -0.4 is 5.32 Å². The van der Waals surface area contributed by atoms with Crippen LogP contribution in [0.5, 0.6) is 0 Å². The minimum absolute atomic E-state index is 0.0354. The average molecular weight is 574 g/mol. The number of benzene rings is 2. The first-order valence-corrected chi connectivity index (χ1v) is 12.9. The van der Waals surface area contributed by atoms with Gasteiger partial charge in [-0.2, -0.15) is 0 Å². The quantitative estimate of drug-likeness (QED) is 0.120. The molecule has 0 aromatic heterocycles. The number of para-hydroxylation sites is 2. The fourth-order valence-corrected chi connectivity index (χ4v) is 3.72. The van der Waals surface area contributed by atoms with Gasteiger partial charge in [0.2, 0.25) is 6.10 Å². The molecule has 2 rings (SSSR count). The van der Waals surface area contributed by atoms with Gasteiger partial charge in [0.1, 0.15) is 17.2 Å². The molecule has 0 spiro atoms. The molecule has 13 nitrogen and oxygen atoms in total. The van der Waals surface area contributed by atoms with E-state index in [4.69, 9.17) is 14.2 Å². The maximum atomic E-state index is 12.9. The zero-order valence-corrected chi connectivity index (χ0v) is 23.9. The van der Waals surface area contributed by atoms with Gasteiger partial charge in [-0.15, -0.1) is 0 Å². The molecule has 0 fully saturated rings. The molecule has 0 aliphatic heterocycles. The highest BCUT2D eigenvalue weighted by molar-refractivity contribution is 5.82. The maximum absolute atomic E-state index is 12.9. The number of ether oxygens (including phenoxy) is 3. The zero-order valence-electron chi connectivity index (χ0n) is 23.9. The van der Waals surface area contributed by atoms with E-state index in [-0.39, 0.29) is 36.2 Å². The van der Waals surface area contributed by atoms with Crippen LogP contribution in [0.1, 0.15) is 77.7 Å². The van der Waals surface area contributed by atoms with Crippen LogP contribution >= 0.6 is 0 Å². The van der Waals surface area contributed by atoms with Gasteiger partial charge in [-0.05, 0) is 66.6 Å². The fraction of sp³-hybridized carbons (Fsp3) is 0.464. The number of hydrogen-bond acceptors (Lipinski definition) is 11. The largest absolute Gasteiger partial charge is 0.459 e.